The standard InChI is InChI=1S/C12H21N3O2/c1-14(10-3-2-6-13-9-10)7-8-15-11(16)4-5-12(15)17/h10,13H,2-9H2,1H3. The summed E-state index contributed by atoms with van der Waals surface area (Å²) in [6.45, 7) is 3.44. The van der Waals surface area contributed by atoms with Crippen LogP contribution in [-0.2, 0) is 9.59 Å². The molecule has 2 amide bonds. The summed E-state index contributed by atoms with van der Waals surface area (Å²) in [5.41, 5.74) is 0. The van der Waals surface area contributed by atoms with Crippen molar-refractivity contribution in [1.82, 2.24) is 15.1 Å². The minimum Gasteiger partial charge on any atom is -0.315 e. The Morgan fingerprint density at radius 2 is 2.06 bits per heavy atom. The fraction of sp³-hybridized carbons (Fsp3) is 0.833. The van der Waals surface area contributed by atoms with E-state index in [9.17, 15) is 9.59 Å². The molecule has 5 heteroatoms. The fourth-order valence-electron chi connectivity index (χ4n) is 2.52. The number of nitrogens with zero attached hydrogens (tertiary/aromatic N) is 2. The number of likely N-dealkylation sites (tertiary alicyclic amines) is 1. The highest BCUT2D eigenvalue weighted by molar-refractivity contribution is 6.01. The van der Waals surface area contributed by atoms with Crippen LogP contribution in [0, 0.1) is 0 Å². The Bertz CT molecular complexity index is 284. The van der Waals surface area contributed by atoms with Crippen LogP contribution in [0.3, 0.4) is 0 Å². The molecule has 2 aliphatic heterocycles. The zero-order valence-electron chi connectivity index (χ0n) is 10.4. The minimum absolute atomic E-state index is 0.00910. The number of carbonyl (C=O) groups excluding carboxylic acids is 2. The normalized spacial score (nSPS) is 26.0. The number of hydrogen-bond donors (Lipinski definition) is 1. The van der Waals surface area contributed by atoms with Gasteiger partial charge in [-0.15, -0.1) is 0 Å². The maximum Gasteiger partial charge on any atom is 0.229 e. The number of imide groups is 1. The molecule has 0 bridgehead atoms. The monoisotopic (exact) mass is 239 g/mol. The number of hydrogen-bond acceptors (Lipinski definition) is 4. The van der Waals surface area contributed by atoms with Gasteiger partial charge in [0.25, 0.3) is 0 Å². The van der Waals surface area contributed by atoms with E-state index in [0.29, 0.717) is 25.4 Å². The SMILES string of the molecule is CN(CCN1C(=O)CCC1=O)C1CCCNC1. The molecule has 0 aromatic carbocycles. The van der Waals surface area contributed by atoms with Crippen LogP contribution in [0.15, 0.2) is 0 Å². The van der Waals surface area contributed by atoms with Crippen molar-refractivity contribution < 1.29 is 9.59 Å². The zero-order chi connectivity index (χ0) is 12.3. The number of piperidine rings is 1. The van der Waals surface area contributed by atoms with E-state index < -0.39 is 0 Å². The van der Waals surface area contributed by atoms with Crippen molar-refractivity contribution in [2.45, 2.75) is 31.7 Å². The molecule has 0 radical (unpaired) electrons. The van der Waals surface area contributed by atoms with Crippen LogP contribution in [0.25, 0.3) is 0 Å². The molecule has 0 aromatic rings. The highest BCUT2D eigenvalue weighted by Gasteiger charge is 2.29. The van der Waals surface area contributed by atoms with Gasteiger partial charge in [-0.25, -0.2) is 0 Å². The Morgan fingerprint density at radius 3 is 2.65 bits per heavy atom. The minimum atomic E-state index is -0.00910. The number of carbonyl (C=O) groups is 2. The predicted octanol–water partition coefficient (Wildman–Crippen LogP) is -0.181. The average Bonchev–Trinajstić information content (AvgIpc) is 2.67. The Kier molecular flexibility index (Phi) is 4.12. The van der Waals surface area contributed by atoms with E-state index in [4.69, 9.17) is 0 Å². The second-order valence-corrected chi connectivity index (χ2v) is 4.92. The molecular weight excluding hydrogens is 218 g/mol. The first-order valence-corrected chi connectivity index (χ1v) is 6.42. The predicted molar refractivity (Wildman–Crippen MR) is 64.5 cm³/mol. The Balaban J connectivity index is 1.77. The molecule has 5 nitrogen and oxygen atoms in total. The lowest BCUT2D eigenvalue weighted by Gasteiger charge is -2.32. The third-order valence-electron chi connectivity index (χ3n) is 3.73. The van der Waals surface area contributed by atoms with Crippen LogP contribution < -0.4 is 5.32 Å². The summed E-state index contributed by atoms with van der Waals surface area (Å²) in [5.74, 6) is -0.0182. The van der Waals surface area contributed by atoms with Crippen molar-refractivity contribution in [2.75, 3.05) is 33.2 Å². The quantitative estimate of drug-likeness (QED) is 0.691. The van der Waals surface area contributed by atoms with Gasteiger partial charge in [-0.2, -0.15) is 0 Å². The molecule has 2 saturated heterocycles. The van der Waals surface area contributed by atoms with Gasteiger partial charge in [0, 0.05) is 38.5 Å². The molecule has 2 rings (SSSR count). The summed E-state index contributed by atoms with van der Waals surface area (Å²) >= 11 is 0. The number of likely N-dealkylation sites (N-methyl/N-ethyl adjacent to an activating group) is 1. The van der Waals surface area contributed by atoms with E-state index in [1.54, 1.807) is 0 Å². The van der Waals surface area contributed by atoms with E-state index in [2.05, 4.69) is 17.3 Å². The molecule has 0 saturated carbocycles. The topological polar surface area (TPSA) is 52.7 Å². The van der Waals surface area contributed by atoms with E-state index in [1.165, 1.54) is 17.7 Å². The molecule has 2 fully saturated rings. The third-order valence-corrected chi connectivity index (χ3v) is 3.73. The van der Waals surface area contributed by atoms with Crippen LogP contribution >= 0.6 is 0 Å². The van der Waals surface area contributed by atoms with Crippen molar-refractivity contribution in [3.8, 4) is 0 Å². The number of nitrogens with one attached hydrogen (secondary N) is 1. The average molecular weight is 239 g/mol. The molecular formula is C12H21N3O2. The van der Waals surface area contributed by atoms with Gasteiger partial charge < -0.3 is 10.2 Å². The molecule has 0 aromatic heterocycles. The lowest BCUT2D eigenvalue weighted by Crippen LogP contribution is -2.47. The number of rotatable bonds is 4. The van der Waals surface area contributed by atoms with Crippen LogP contribution in [0.2, 0.25) is 0 Å². The van der Waals surface area contributed by atoms with Crippen LogP contribution in [-0.4, -0.2) is 60.9 Å². The molecule has 0 spiro atoms. The fourth-order valence-corrected chi connectivity index (χ4v) is 2.52. The van der Waals surface area contributed by atoms with Gasteiger partial charge in [0.2, 0.25) is 11.8 Å². The maximum atomic E-state index is 11.4. The van der Waals surface area contributed by atoms with E-state index in [1.807, 2.05) is 0 Å². The lowest BCUT2D eigenvalue weighted by molar-refractivity contribution is -0.138. The molecule has 0 aliphatic carbocycles. The molecule has 1 N–H and O–H groups in total. The Labute approximate surface area is 102 Å². The summed E-state index contributed by atoms with van der Waals surface area (Å²) in [5, 5.41) is 3.37. The Morgan fingerprint density at radius 1 is 1.35 bits per heavy atom. The van der Waals surface area contributed by atoms with Crippen LogP contribution in [0.1, 0.15) is 25.7 Å². The van der Waals surface area contributed by atoms with E-state index in [0.717, 1.165) is 19.6 Å². The first-order valence-electron chi connectivity index (χ1n) is 6.42. The van der Waals surface area contributed by atoms with Crippen molar-refractivity contribution in [2.24, 2.45) is 0 Å². The molecule has 96 valence electrons. The van der Waals surface area contributed by atoms with Crippen LogP contribution in [0.4, 0.5) is 0 Å². The summed E-state index contributed by atoms with van der Waals surface area (Å²) in [7, 11) is 2.07. The van der Waals surface area contributed by atoms with E-state index >= 15 is 0 Å². The van der Waals surface area contributed by atoms with Crippen molar-refractivity contribution in [1.29, 1.82) is 0 Å². The second-order valence-electron chi connectivity index (χ2n) is 4.92. The molecule has 2 aliphatic rings. The first-order chi connectivity index (χ1) is 8.18. The first kappa shape index (κ1) is 12.5. The molecule has 2 heterocycles. The molecule has 1 unspecified atom stereocenters. The lowest BCUT2D eigenvalue weighted by atomic mass is 10.1. The van der Waals surface area contributed by atoms with Crippen LogP contribution in [0.5, 0.6) is 0 Å². The molecule has 17 heavy (non-hydrogen) atoms. The second kappa shape index (κ2) is 5.60. The smallest absolute Gasteiger partial charge is 0.229 e. The van der Waals surface area contributed by atoms with Gasteiger partial charge in [-0.3, -0.25) is 14.5 Å². The van der Waals surface area contributed by atoms with Gasteiger partial charge in [0.15, 0.2) is 0 Å². The summed E-state index contributed by atoms with van der Waals surface area (Å²) in [6.07, 6.45) is 3.20. The largest absolute Gasteiger partial charge is 0.315 e. The van der Waals surface area contributed by atoms with Gasteiger partial charge in [-0.05, 0) is 26.4 Å². The third kappa shape index (κ3) is 3.04. The molecule has 1 atom stereocenters. The number of amides is 2. The highest BCUT2D eigenvalue weighted by Crippen LogP contribution is 2.12. The van der Waals surface area contributed by atoms with Gasteiger partial charge in [0.05, 0.1) is 0 Å². The highest BCUT2D eigenvalue weighted by atomic mass is 16.2. The summed E-state index contributed by atoms with van der Waals surface area (Å²) in [6, 6.07) is 0.538. The van der Waals surface area contributed by atoms with Crippen molar-refractivity contribution >= 4 is 11.8 Å². The maximum absolute atomic E-state index is 11.4. The van der Waals surface area contributed by atoms with E-state index in [-0.39, 0.29) is 11.8 Å². The van der Waals surface area contributed by atoms with Crippen molar-refractivity contribution in [3.05, 3.63) is 0 Å². The summed E-state index contributed by atoms with van der Waals surface area (Å²) < 4.78 is 0. The van der Waals surface area contributed by atoms with Gasteiger partial charge >= 0.3 is 0 Å². The summed E-state index contributed by atoms with van der Waals surface area (Å²) in [4.78, 5) is 26.6. The van der Waals surface area contributed by atoms with Gasteiger partial charge in [0.1, 0.15) is 0 Å². The Hall–Kier alpha value is -0.940. The zero-order valence-corrected chi connectivity index (χ0v) is 10.4. The van der Waals surface area contributed by atoms with Crippen molar-refractivity contribution in [3.63, 3.8) is 0 Å². The van der Waals surface area contributed by atoms with Gasteiger partial charge in [-0.1, -0.05) is 0 Å².